The van der Waals surface area contributed by atoms with Crippen LogP contribution in [0.15, 0.2) is 40.2 Å². The highest BCUT2D eigenvalue weighted by atomic mass is 32.2. The third-order valence-electron chi connectivity index (χ3n) is 2.54. The molecule has 0 aliphatic carbocycles. The molecule has 3 aromatic rings. The summed E-state index contributed by atoms with van der Waals surface area (Å²) in [6, 6.07) is 5.81. The van der Waals surface area contributed by atoms with Crippen LogP contribution < -0.4 is 10.4 Å². The van der Waals surface area contributed by atoms with Gasteiger partial charge in [0, 0.05) is 6.07 Å². The summed E-state index contributed by atoms with van der Waals surface area (Å²) in [7, 11) is -3.72. The fourth-order valence-electron chi connectivity index (χ4n) is 1.70. The van der Waals surface area contributed by atoms with Crippen LogP contribution in [0.25, 0.3) is 11.0 Å². The van der Waals surface area contributed by atoms with Gasteiger partial charge in [-0.3, -0.25) is 9.82 Å². The smallest absolute Gasteiger partial charge is 0.306 e. The highest BCUT2D eigenvalue weighted by Crippen LogP contribution is 2.17. The van der Waals surface area contributed by atoms with Crippen molar-refractivity contribution in [2.75, 3.05) is 4.72 Å². The molecule has 2 heterocycles. The molecule has 0 bridgehead atoms. The van der Waals surface area contributed by atoms with Gasteiger partial charge in [-0.15, -0.1) is 0 Å². The molecule has 0 fully saturated rings. The summed E-state index contributed by atoms with van der Waals surface area (Å²) >= 11 is 0. The second kappa shape index (κ2) is 3.99. The Kier molecular flexibility index (Phi) is 2.42. The van der Waals surface area contributed by atoms with Crippen LogP contribution in [0.2, 0.25) is 0 Å². The quantitative estimate of drug-likeness (QED) is 0.553. The normalized spacial score (nSPS) is 11.8. The minimum atomic E-state index is -3.72. The molecule has 4 N–H and O–H groups in total. The number of nitrogens with zero attached hydrogens (tertiary/aromatic N) is 1. The summed E-state index contributed by atoms with van der Waals surface area (Å²) in [6.07, 6.45) is 1.44. The van der Waals surface area contributed by atoms with Crippen molar-refractivity contribution in [3.8, 4) is 0 Å². The number of hydrogen-bond donors (Lipinski definition) is 4. The summed E-state index contributed by atoms with van der Waals surface area (Å²) in [5.74, 6) is 0.266. The molecule has 3 rings (SSSR count). The molecule has 0 atom stereocenters. The van der Waals surface area contributed by atoms with E-state index in [1.807, 2.05) is 0 Å². The Hall–Kier alpha value is -2.55. The Balaban J connectivity index is 2.05. The van der Waals surface area contributed by atoms with E-state index in [0.29, 0.717) is 11.0 Å². The summed E-state index contributed by atoms with van der Waals surface area (Å²) in [5.41, 5.74) is 0.592. The van der Waals surface area contributed by atoms with Crippen LogP contribution in [0.4, 0.5) is 5.82 Å². The zero-order chi connectivity index (χ0) is 13.5. The van der Waals surface area contributed by atoms with E-state index in [1.54, 1.807) is 0 Å². The Morgan fingerprint density at radius 1 is 1.11 bits per heavy atom. The summed E-state index contributed by atoms with van der Waals surface area (Å²) < 4.78 is 26.5. The van der Waals surface area contributed by atoms with Crippen LogP contribution in [-0.4, -0.2) is 28.6 Å². The lowest BCUT2D eigenvalue weighted by atomic mass is 10.3. The van der Waals surface area contributed by atoms with Gasteiger partial charge in [0.2, 0.25) is 0 Å². The van der Waals surface area contributed by atoms with Gasteiger partial charge < -0.3 is 9.97 Å². The Morgan fingerprint density at radius 2 is 1.89 bits per heavy atom. The number of hydrogen-bond acceptors (Lipinski definition) is 4. The van der Waals surface area contributed by atoms with Crippen molar-refractivity contribution in [1.82, 2.24) is 20.2 Å². The Labute approximate surface area is 106 Å². The number of imidazole rings is 1. The molecule has 0 aliphatic rings. The number of aromatic nitrogens is 4. The van der Waals surface area contributed by atoms with E-state index in [0.717, 1.165) is 0 Å². The van der Waals surface area contributed by atoms with Gasteiger partial charge in [-0.05, 0) is 18.2 Å². The Morgan fingerprint density at radius 3 is 2.63 bits per heavy atom. The van der Waals surface area contributed by atoms with Crippen molar-refractivity contribution in [2.24, 2.45) is 0 Å². The van der Waals surface area contributed by atoms with Crippen LogP contribution in [0.1, 0.15) is 0 Å². The lowest BCUT2D eigenvalue weighted by Crippen LogP contribution is -2.13. The molecule has 98 valence electrons. The molecular formula is C10H9N5O3S. The molecule has 9 heteroatoms. The number of fused-ring (bicyclic) bond motifs is 1. The monoisotopic (exact) mass is 279 g/mol. The minimum absolute atomic E-state index is 0.0462. The molecule has 0 amide bonds. The maximum absolute atomic E-state index is 12.1. The average Bonchev–Trinajstić information content (AvgIpc) is 2.95. The number of benzene rings is 1. The van der Waals surface area contributed by atoms with E-state index in [-0.39, 0.29) is 16.4 Å². The number of sulfonamides is 1. The summed E-state index contributed by atoms with van der Waals surface area (Å²) in [4.78, 5) is 16.2. The molecule has 0 spiro atoms. The second-order valence-electron chi connectivity index (χ2n) is 3.86. The summed E-state index contributed by atoms with van der Waals surface area (Å²) in [5, 5.41) is 6.15. The van der Waals surface area contributed by atoms with E-state index in [1.165, 1.54) is 30.5 Å². The molecule has 2 aromatic heterocycles. The van der Waals surface area contributed by atoms with Gasteiger partial charge in [-0.25, -0.2) is 13.2 Å². The lowest BCUT2D eigenvalue weighted by Gasteiger charge is -2.05. The molecule has 0 unspecified atom stereocenters. The van der Waals surface area contributed by atoms with Crippen molar-refractivity contribution in [3.63, 3.8) is 0 Å². The van der Waals surface area contributed by atoms with Crippen molar-refractivity contribution in [2.45, 2.75) is 4.90 Å². The first-order valence-corrected chi connectivity index (χ1v) is 6.77. The number of H-pyrrole nitrogens is 3. The molecule has 0 saturated heterocycles. The van der Waals surface area contributed by atoms with Gasteiger partial charge in [0.15, 0.2) is 0 Å². The molecule has 1 aromatic carbocycles. The average molecular weight is 279 g/mol. The third kappa shape index (κ3) is 2.10. The second-order valence-corrected chi connectivity index (χ2v) is 5.54. The highest BCUT2D eigenvalue weighted by molar-refractivity contribution is 7.92. The van der Waals surface area contributed by atoms with Gasteiger partial charge in [-0.2, -0.15) is 5.10 Å². The zero-order valence-corrected chi connectivity index (χ0v) is 10.3. The van der Waals surface area contributed by atoms with Gasteiger partial charge in [0.1, 0.15) is 5.82 Å². The van der Waals surface area contributed by atoms with Crippen molar-refractivity contribution in [1.29, 1.82) is 0 Å². The molecule has 19 heavy (non-hydrogen) atoms. The maximum atomic E-state index is 12.1. The molecule has 8 nitrogen and oxygen atoms in total. The number of aromatic amines is 3. The SMILES string of the molecule is O=c1[nH]c2ccc(S(=O)(=O)Nc3ccn[nH]3)cc2[nH]1. The minimum Gasteiger partial charge on any atom is -0.306 e. The molecular weight excluding hydrogens is 270 g/mol. The van der Waals surface area contributed by atoms with Crippen LogP contribution in [0.3, 0.4) is 0 Å². The maximum Gasteiger partial charge on any atom is 0.323 e. The lowest BCUT2D eigenvalue weighted by molar-refractivity contribution is 0.601. The topological polar surface area (TPSA) is 124 Å². The van der Waals surface area contributed by atoms with E-state index in [4.69, 9.17) is 0 Å². The first-order chi connectivity index (χ1) is 9.04. The molecule has 0 aliphatic heterocycles. The van der Waals surface area contributed by atoms with Crippen LogP contribution in [0, 0.1) is 0 Å². The number of anilines is 1. The predicted octanol–water partition coefficient (Wildman–Crippen LogP) is 0.380. The zero-order valence-electron chi connectivity index (χ0n) is 9.47. The predicted molar refractivity (Wildman–Crippen MR) is 68.3 cm³/mol. The first-order valence-electron chi connectivity index (χ1n) is 5.29. The standard InChI is InChI=1S/C10H9N5O3S/c16-10-12-7-2-1-6(5-8(7)13-10)19(17,18)15-9-3-4-11-14-9/h1-5H,(H2,11,14,15)(H2,12,13,16). The number of nitrogens with one attached hydrogen (secondary N) is 4. The van der Waals surface area contributed by atoms with Crippen molar-refractivity contribution >= 4 is 26.9 Å². The Bertz CT molecular complexity index is 875. The van der Waals surface area contributed by atoms with Crippen LogP contribution >= 0.6 is 0 Å². The van der Waals surface area contributed by atoms with Gasteiger partial charge in [-0.1, -0.05) is 0 Å². The van der Waals surface area contributed by atoms with Crippen LogP contribution in [0.5, 0.6) is 0 Å². The third-order valence-corrected chi connectivity index (χ3v) is 3.91. The molecule has 0 radical (unpaired) electrons. The van der Waals surface area contributed by atoms with Crippen molar-refractivity contribution < 1.29 is 8.42 Å². The van der Waals surface area contributed by atoms with Gasteiger partial charge in [0.25, 0.3) is 10.0 Å². The van der Waals surface area contributed by atoms with E-state index in [2.05, 4.69) is 24.9 Å². The fraction of sp³-hybridized carbons (Fsp3) is 0. The van der Waals surface area contributed by atoms with Gasteiger partial charge >= 0.3 is 5.69 Å². The molecule has 0 saturated carbocycles. The van der Waals surface area contributed by atoms with E-state index in [9.17, 15) is 13.2 Å². The fourth-order valence-corrected chi connectivity index (χ4v) is 2.74. The van der Waals surface area contributed by atoms with Crippen LogP contribution in [-0.2, 0) is 10.0 Å². The van der Waals surface area contributed by atoms with E-state index >= 15 is 0 Å². The highest BCUT2D eigenvalue weighted by Gasteiger charge is 2.15. The largest absolute Gasteiger partial charge is 0.323 e. The number of rotatable bonds is 3. The first kappa shape index (κ1) is 11.5. The van der Waals surface area contributed by atoms with E-state index < -0.39 is 10.0 Å². The summed E-state index contributed by atoms with van der Waals surface area (Å²) in [6.45, 7) is 0. The van der Waals surface area contributed by atoms with Gasteiger partial charge in [0.05, 0.1) is 22.1 Å². The van der Waals surface area contributed by atoms with Crippen molar-refractivity contribution in [3.05, 3.63) is 40.9 Å².